The van der Waals surface area contributed by atoms with Crippen LogP contribution in [0.1, 0.15) is 53.9 Å². The van der Waals surface area contributed by atoms with Crippen molar-refractivity contribution in [2.45, 2.75) is 96.2 Å². The van der Waals surface area contributed by atoms with E-state index in [1.54, 1.807) is 20.1 Å². The van der Waals surface area contributed by atoms with Crippen LogP contribution in [-0.2, 0) is 43.2 Å². The second-order valence-corrected chi connectivity index (χ2v) is 14.0. The number of carboxylic acid groups (broad SMARTS) is 1. The molecule has 0 aliphatic rings. The number of aliphatic carboxylic acids is 1. The third-order valence-corrected chi connectivity index (χ3v) is 8.32. The summed E-state index contributed by atoms with van der Waals surface area (Å²) in [6, 6.07) is -7.06. The van der Waals surface area contributed by atoms with Gasteiger partial charge in [-0.05, 0) is 58.0 Å². The number of amides is 8. The first-order valence-corrected chi connectivity index (χ1v) is 19.0. The van der Waals surface area contributed by atoms with Gasteiger partial charge < -0.3 is 69.9 Å². The highest BCUT2D eigenvalue weighted by molar-refractivity contribution is 7.98. The molecular weight excluding hydrogens is 760 g/mol. The number of nitrogens with two attached hydrogens (primary N) is 3. The highest BCUT2D eigenvalue weighted by atomic mass is 32.2. The summed E-state index contributed by atoms with van der Waals surface area (Å²) < 4.78 is 0. The molecule has 7 atom stereocenters. The lowest BCUT2D eigenvalue weighted by Gasteiger charge is -2.27. The Balaban J connectivity index is 4.91. The van der Waals surface area contributed by atoms with Crippen molar-refractivity contribution in [1.82, 2.24) is 42.5 Å². The summed E-state index contributed by atoms with van der Waals surface area (Å²) in [5.41, 5.74) is 16.5. The van der Waals surface area contributed by atoms with E-state index in [2.05, 4.69) is 47.5 Å². The summed E-state index contributed by atoms with van der Waals surface area (Å²) in [5, 5.41) is 37.9. The quantitative estimate of drug-likeness (QED) is 0.0220. The Kier molecular flexibility index (Phi) is 24.1. The molecule has 16 N–H and O–H groups in total. The van der Waals surface area contributed by atoms with Gasteiger partial charge in [-0.25, -0.2) is 0 Å². The first-order chi connectivity index (χ1) is 26.1. The summed E-state index contributed by atoms with van der Waals surface area (Å²) in [4.78, 5) is 115. The lowest BCUT2D eigenvalue weighted by molar-refractivity contribution is -0.141. The standard InChI is InChI=1S/C32H58N12O11S/c1-15(2)24(43-27(50)19(33)8-7-10-36-32(34)35)30(53)44-25(18(5)45)29(52)39-13-22(47)37-12-21(46)38-14-23(48)40-16(3)26(49)42-20(9-11-56-6)28(51)41-17(4)31(54)55/h15-20,24-25,45H,7-14,33H2,1-6H3,(H,37,47)(H,38,46)(H,39,52)(H,40,48)(H,41,51)(H,42,49)(H,43,50)(H,44,53)(H,54,55)(H4,34,35,36)/t16-,17-,18+,19-,20-,24-,25-/m0/s1. The van der Waals surface area contributed by atoms with Gasteiger partial charge in [-0.2, -0.15) is 11.8 Å². The first kappa shape index (κ1) is 50.8. The van der Waals surface area contributed by atoms with E-state index in [4.69, 9.17) is 22.3 Å². The molecule has 0 radical (unpaired) electrons. The van der Waals surface area contributed by atoms with E-state index in [1.807, 2.05) is 0 Å². The van der Waals surface area contributed by atoms with Gasteiger partial charge in [0.15, 0.2) is 5.96 Å². The second-order valence-electron chi connectivity index (χ2n) is 13.0. The van der Waals surface area contributed by atoms with Gasteiger partial charge in [0.05, 0.1) is 31.8 Å². The second kappa shape index (κ2) is 26.6. The number of carbonyl (C=O) groups is 9. The van der Waals surface area contributed by atoms with E-state index in [-0.39, 0.29) is 25.3 Å². The molecule has 318 valence electrons. The largest absolute Gasteiger partial charge is 0.480 e. The van der Waals surface area contributed by atoms with Gasteiger partial charge in [0.25, 0.3) is 0 Å². The SMILES string of the molecule is CSCC[C@H](NC(=O)[C@H](C)NC(=O)CNC(=O)CNC(=O)CNC(=O)[C@@H](NC(=O)[C@@H](NC(=O)[C@@H](N)CCCN=C(N)N)C(C)C)[C@@H](C)O)C(=O)N[C@@H](C)C(=O)O. The van der Waals surface area contributed by atoms with Crippen LogP contribution in [0.4, 0.5) is 0 Å². The maximum absolute atomic E-state index is 13.1. The Morgan fingerprint density at radius 3 is 1.71 bits per heavy atom. The molecule has 23 nitrogen and oxygen atoms in total. The predicted octanol–water partition coefficient (Wildman–Crippen LogP) is -5.95. The fraction of sp³-hybridized carbons (Fsp3) is 0.688. The zero-order chi connectivity index (χ0) is 43.1. The van der Waals surface area contributed by atoms with Crippen molar-refractivity contribution in [1.29, 1.82) is 0 Å². The lowest BCUT2D eigenvalue weighted by Crippen LogP contribution is -2.60. The molecule has 0 aliphatic heterocycles. The number of aliphatic imine (C=N–C) groups is 1. The van der Waals surface area contributed by atoms with Gasteiger partial charge in [-0.1, -0.05) is 13.8 Å². The van der Waals surface area contributed by atoms with Crippen molar-refractivity contribution < 1.29 is 53.4 Å². The molecule has 0 fully saturated rings. The molecule has 0 aromatic heterocycles. The maximum Gasteiger partial charge on any atom is 0.325 e. The van der Waals surface area contributed by atoms with Gasteiger partial charge >= 0.3 is 5.97 Å². The fourth-order valence-corrected chi connectivity index (χ4v) is 4.86. The van der Waals surface area contributed by atoms with Crippen molar-refractivity contribution in [2.24, 2.45) is 28.1 Å². The van der Waals surface area contributed by atoms with E-state index < -0.39 is 121 Å². The number of guanidine groups is 1. The van der Waals surface area contributed by atoms with Crippen LogP contribution in [0.5, 0.6) is 0 Å². The topological polar surface area (TPSA) is 381 Å². The van der Waals surface area contributed by atoms with Gasteiger partial charge in [-0.3, -0.25) is 48.1 Å². The Labute approximate surface area is 329 Å². The average Bonchev–Trinajstić information content (AvgIpc) is 3.12. The number of hydrogen-bond acceptors (Lipinski definition) is 13. The van der Waals surface area contributed by atoms with Crippen LogP contribution in [0.25, 0.3) is 0 Å². The molecular formula is C32H58N12O11S. The summed E-state index contributed by atoms with van der Waals surface area (Å²) in [7, 11) is 0. The van der Waals surface area contributed by atoms with E-state index in [9.17, 15) is 48.3 Å². The molecule has 0 heterocycles. The summed E-state index contributed by atoms with van der Waals surface area (Å²) in [6.45, 7) is 5.49. The number of aliphatic hydroxyl groups excluding tert-OH is 1. The van der Waals surface area contributed by atoms with Crippen LogP contribution >= 0.6 is 11.8 Å². The normalized spacial score (nSPS) is 14.5. The monoisotopic (exact) mass is 818 g/mol. The van der Waals surface area contributed by atoms with E-state index in [1.165, 1.54) is 32.5 Å². The van der Waals surface area contributed by atoms with Gasteiger partial charge in [-0.15, -0.1) is 0 Å². The van der Waals surface area contributed by atoms with Crippen LogP contribution in [0, 0.1) is 5.92 Å². The van der Waals surface area contributed by atoms with E-state index >= 15 is 0 Å². The Bertz CT molecular complexity index is 1410. The molecule has 24 heteroatoms. The Morgan fingerprint density at radius 2 is 1.20 bits per heavy atom. The van der Waals surface area contributed by atoms with E-state index in [0.717, 1.165) is 0 Å². The zero-order valence-corrected chi connectivity index (χ0v) is 33.2. The van der Waals surface area contributed by atoms with Crippen LogP contribution in [0.3, 0.4) is 0 Å². The number of nitrogens with zero attached hydrogens (tertiary/aromatic N) is 1. The zero-order valence-electron chi connectivity index (χ0n) is 32.4. The minimum Gasteiger partial charge on any atom is -0.480 e. The Morgan fingerprint density at radius 1 is 0.643 bits per heavy atom. The smallest absolute Gasteiger partial charge is 0.325 e. The lowest BCUT2D eigenvalue weighted by atomic mass is 10.0. The van der Waals surface area contributed by atoms with E-state index in [0.29, 0.717) is 12.2 Å². The number of nitrogens with one attached hydrogen (secondary N) is 8. The number of carboxylic acids is 1. The number of rotatable bonds is 26. The number of hydrogen-bond donors (Lipinski definition) is 13. The van der Waals surface area contributed by atoms with Gasteiger partial charge in [0.2, 0.25) is 47.3 Å². The first-order valence-electron chi connectivity index (χ1n) is 17.6. The highest BCUT2D eigenvalue weighted by Crippen LogP contribution is 2.06. The molecule has 0 spiro atoms. The van der Waals surface area contributed by atoms with Crippen molar-refractivity contribution in [2.75, 3.05) is 38.2 Å². The molecule has 0 aromatic rings. The molecule has 0 aliphatic carbocycles. The molecule has 8 amide bonds. The number of aliphatic hydroxyl groups is 1. The van der Waals surface area contributed by atoms with Crippen LogP contribution in [0.2, 0.25) is 0 Å². The minimum atomic E-state index is -1.54. The van der Waals surface area contributed by atoms with Crippen LogP contribution < -0.4 is 59.7 Å². The number of carbonyl (C=O) groups excluding carboxylic acids is 8. The summed E-state index contributed by atoms with van der Waals surface area (Å²) in [6.07, 6.45) is 1.16. The minimum absolute atomic E-state index is 0.105. The van der Waals surface area contributed by atoms with Crippen LogP contribution in [0.15, 0.2) is 4.99 Å². The molecule has 0 saturated carbocycles. The number of thioether (sulfide) groups is 1. The maximum atomic E-state index is 13.1. The third kappa shape index (κ3) is 21.0. The van der Waals surface area contributed by atoms with Gasteiger partial charge in [0, 0.05) is 6.54 Å². The molecule has 0 unspecified atom stereocenters. The van der Waals surface area contributed by atoms with Crippen molar-refractivity contribution in [3.8, 4) is 0 Å². The van der Waals surface area contributed by atoms with Crippen molar-refractivity contribution in [3.63, 3.8) is 0 Å². The summed E-state index contributed by atoms with van der Waals surface area (Å²) >= 11 is 1.40. The fourth-order valence-electron chi connectivity index (χ4n) is 4.39. The molecule has 56 heavy (non-hydrogen) atoms. The van der Waals surface area contributed by atoms with Gasteiger partial charge in [0.1, 0.15) is 30.2 Å². The summed E-state index contributed by atoms with van der Waals surface area (Å²) in [5.74, 6) is -7.59. The predicted molar refractivity (Wildman–Crippen MR) is 205 cm³/mol. The average molecular weight is 819 g/mol. The van der Waals surface area contributed by atoms with Crippen LogP contribution in [-0.4, -0.2) is 150 Å². The highest BCUT2D eigenvalue weighted by Gasteiger charge is 2.32. The third-order valence-electron chi connectivity index (χ3n) is 7.67. The molecule has 0 bridgehead atoms. The Hall–Kier alpha value is -5.23. The van der Waals surface area contributed by atoms with Crippen molar-refractivity contribution in [3.05, 3.63) is 0 Å². The molecule has 0 rings (SSSR count). The molecule has 0 aromatic carbocycles. The molecule has 0 saturated heterocycles. The van der Waals surface area contributed by atoms with Crippen molar-refractivity contribution >= 4 is 70.9 Å².